The van der Waals surface area contributed by atoms with Crippen LogP contribution in [0.25, 0.3) is 0 Å². The molecule has 0 spiro atoms. The largest absolute Gasteiger partial charge is 0.326 e. The number of non-ortho nitro benzene ring substituents is 1. The summed E-state index contributed by atoms with van der Waals surface area (Å²) in [6.45, 7) is 3.22. The molecule has 7 heteroatoms. The molecule has 2 aromatic rings. The third kappa shape index (κ3) is 5.52. The molecular formula is C20H22ClN3O3. The van der Waals surface area contributed by atoms with Gasteiger partial charge in [0.15, 0.2) is 0 Å². The summed E-state index contributed by atoms with van der Waals surface area (Å²) in [5.74, 6) is -0.0892. The molecule has 0 aromatic heterocycles. The van der Waals surface area contributed by atoms with Gasteiger partial charge in [0, 0.05) is 48.4 Å². The van der Waals surface area contributed by atoms with Crippen molar-refractivity contribution in [2.75, 3.05) is 11.9 Å². The molecule has 1 amide bonds. The Labute approximate surface area is 163 Å². The summed E-state index contributed by atoms with van der Waals surface area (Å²) in [5, 5.41) is 14.4. The molecule has 0 unspecified atom stereocenters. The van der Waals surface area contributed by atoms with Crippen molar-refractivity contribution in [1.29, 1.82) is 0 Å². The lowest BCUT2D eigenvalue weighted by Gasteiger charge is -2.22. The third-order valence-corrected chi connectivity index (χ3v) is 4.94. The van der Waals surface area contributed by atoms with Crippen molar-refractivity contribution >= 4 is 28.9 Å². The van der Waals surface area contributed by atoms with E-state index >= 15 is 0 Å². The van der Waals surface area contributed by atoms with E-state index in [1.165, 1.54) is 17.7 Å². The molecule has 1 aliphatic rings. The van der Waals surface area contributed by atoms with E-state index in [1.807, 2.05) is 24.3 Å². The number of carbonyl (C=O) groups excluding carboxylic acids is 1. The van der Waals surface area contributed by atoms with Gasteiger partial charge in [0.2, 0.25) is 5.91 Å². The number of carbonyl (C=O) groups is 1. The first-order valence-electron chi connectivity index (χ1n) is 8.96. The second kappa shape index (κ2) is 8.50. The van der Waals surface area contributed by atoms with Crippen LogP contribution in [0.1, 0.15) is 30.4 Å². The van der Waals surface area contributed by atoms with Gasteiger partial charge < -0.3 is 5.32 Å². The summed E-state index contributed by atoms with van der Waals surface area (Å²) in [7, 11) is 0. The molecule has 0 bridgehead atoms. The highest BCUT2D eigenvalue weighted by Gasteiger charge is 2.29. The van der Waals surface area contributed by atoms with E-state index in [4.69, 9.17) is 11.6 Å². The molecule has 0 heterocycles. The number of benzene rings is 2. The fourth-order valence-corrected chi connectivity index (χ4v) is 3.14. The number of aryl methyl sites for hydroxylation is 1. The SMILES string of the molecule is Cc1cc([N+](=O)[O-])ccc1NC(=O)CCN(Cc1ccc(Cl)cc1)C1CC1. The van der Waals surface area contributed by atoms with Gasteiger partial charge in [0.05, 0.1) is 4.92 Å². The minimum Gasteiger partial charge on any atom is -0.326 e. The van der Waals surface area contributed by atoms with E-state index in [1.54, 1.807) is 13.0 Å². The summed E-state index contributed by atoms with van der Waals surface area (Å²) < 4.78 is 0. The molecule has 1 saturated carbocycles. The zero-order valence-electron chi connectivity index (χ0n) is 15.2. The lowest BCUT2D eigenvalue weighted by molar-refractivity contribution is -0.384. The Kier molecular flexibility index (Phi) is 6.08. The number of hydrogen-bond donors (Lipinski definition) is 1. The maximum Gasteiger partial charge on any atom is 0.269 e. The summed E-state index contributed by atoms with van der Waals surface area (Å²) in [6, 6.07) is 12.8. The van der Waals surface area contributed by atoms with Crippen LogP contribution in [0.15, 0.2) is 42.5 Å². The second-order valence-electron chi connectivity index (χ2n) is 6.88. The van der Waals surface area contributed by atoms with Crippen LogP contribution in [0, 0.1) is 17.0 Å². The maximum absolute atomic E-state index is 12.3. The number of nitro groups is 1. The van der Waals surface area contributed by atoms with Gasteiger partial charge in [-0.1, -0.05) is 23.7 Å². The van der Waals surface area contributed by atoms with Crippen molar-refractivity contribution in [3.63, 3.8) is 0 Å². The minimum absolute atomic E-state index is 0.0216. The van der Waals surface area contributed by atoms with Gasteiger partial charge in [-0.2, -0.15) is 0 Å². The molecule has 3 rings (SSSR count). The van der Waals surface area contributed by atoms with Crippen molar-refractivity contribution < 1.29 is 9.72 Å². The zero-order chi connectivity index (χ0) is 19.4. The highest BCUT2D eigenvalue weighted by atomic mass is 35.5. The first kappa shape index (κ1) is 19.3. The van der Waals surface area contributed by atoms with E-state index in [-0.39, 0.29) is 11.6 Å². The molecular weight excluding hydrogens is 366 g/mol. The highest BCUT2D eigenvalue weighted by molar-refractivity contribution is 6.30. The standard InChI is InChI=1S/C20H22ClN3O3/c1-14-12-18(24(26)27)8-9-19(14)22-20(25)10-11-23(17-6-7-17)13-15-2-4-16(21)5-3-15/h2-5,8-9,12,17H,6-7,10-11,13H2,1H3,(H,22,25). The van der Waals surface area contributed by atoms with Gasteiger partial charge in [-0.15, -0.1) is 0 Å². The fourth-order valence-electron chi connectivity index (χ4n) is 3.01. The van der Waals surface area contributed by atoms with Gasteiger partial charge in [-0.05, 0) is 49.1 Å². The molecule has 6 nitrogen and oxygen atoms in total. The number of hydrogen-bond acceptors (Lipinski definition) is 4. The smallest absolute Gasteiger partial charge is 0.269 e. The Morgan fingerprint density at radius 3 is 2.56 bits per heavy atom. The van der Waals surface area contributed by atoms with Crippen LogP contribution in [-0.4, -0.2) is 28.3 Å². The normalized spacial score (nSPS) is 13.6. The number of amides is 1. The number of anilines is 1. The van der Waals surface area contributed by atoms with Gasteiger partial charge in [-0.25, -0.2) is 0 Å². The van der Waals surface area contributed by atoms with Crippen LogP contribution in [0.5, 0.6) is 0 Å². The van der Waals surface area contributed by atoms with E-state index < -0.39 is 4.92 Å². The Morgan fingerprint density at radius 1 is 1.26 bits per heavy atom. The monoisotopic (exact) mass is 387 g/mol. The first-order chi connectivity index (χ1) is 12.9. The Balaban J connectivity index is 1.55. The van der Waals surface area contributed by atoms with Crippen molar-refractivity contribution in [1.82, 2.24) is 4.90 Å². The number of rotatable bonds is 8. The molecule has 142 valence electrons. The van der Waals surface area contributed by atoms with Crippen LogP contribution in [0.2, 0.25) is 5.02 Å². The number of nitrogens with zero attached hydrogens (tertiary/aromatic N) is 2. The van der Waals surface area contributed by atoms with Crippen molar-refractivity contribution in [2.24, 2.45) is 0 Å². The molecule has 0 atom stereocenters. The van der Waals surface area contributed by atoms with E-state index in [0.29, 0.717) is 30.3 Å². The van der Waals surface area contributed by atoms with Crippen molar-refractivity contribution in [3.8, 4) is 0 Å². The Bertz CT molecular complexity index is 835. The van der Waals surface area contributed by atoms with E-state index in [2.05, 4.69) is 10.2 Å². The summed E-state index contributed by atoms with van der Waals surface area (Å²) in [6.07, 6.45) is 2.70. The number of nitro benzene ring substituents is 1. The maximum atomic E-state index is 12.3. The molecule has 2 aromatic carbocycles. The van der Waals surface area contributed by atoms with Crippen molar-refractivity contribution in [3.05, 3.63) is 68.7 Å². The molecule has 27 heavy (non-hydrogen) atoms. The quantitative estimate of drug-likeness (QED) is 0.532. The van der Waals surface area contributed by atoms with Gasteiger partial charge in [-0.3, -0.25) is 19.8 Å². The second-order valence-corrected chi connectivity index (χ2v) is 7.32. The predicted octanol–water partition coefficient (Wildman–Crippen LogP) is 4.55. The van der Waals surface area contributed by atoms with E-state index in [9.17, 15) is 14.9 Å². The first-order valence-corrected chi connectivity index (χ1v) is 9.33. The van der Waals surface area contributed by atoms with Crippen LogP contribution in [0.3, 0.4) is 0 Å². The predicted molar refractivity (Wildman–Crippen MR) is 106 cm³/mol. The van der Waals surface area contributed by atoms with Gasteiger partial charge in [0.1, 0.15) is 0 Å². The van der Waals surface area contributed by atoms with Crippen LogP contribution in [-0.2, 0) is 11.3 Å². The summed E-state index contributed by atoms with van der Waals surface area (Å²) in [4.78, 5) is 25.0. The Morgan fingerprint density at radius 2 is 1.96 bits per heavy atom. The highest BCUT2D eigenvalue weighted by Crippen LogP contribution is 2.29. The van der Waals surface area contributed by atoms with Crippen LogP contribution in [0.4, 0.5) is 11.4 Å². The van der Waals surface area contributed by atoms with Crippen molar-refractivity contribution in [2.45, 2.75) is 38.8 Å². The average molecular weight is 388 g/mol. The van der Waals surface area contributed by atoms with E-state index in [0.717, 1.165) is 24.4 Å². The third-order valence-electron chi connectivity index (χ3n) is 4.68. The average Bonchev–Trinajstić information content (AvgIpc) is 3.47. The Hall–Kier alpha value is -2.44. The summed E-state index contributed by atoms with van der Waals surface area (Å²) in [5.41, 5.74) is 2.49. The molecule has 0 aliphatic heterocycles. The van der Waals surface area contributed by atoms with Crippen LogP contribution < -0.4 is 5.32 Å². The number of halogens is 1. The molecule has 0 radical (unpaired) electrons. The lowest BCUT2D eigenvalue weighted by atomic mass is 10.1. The molecule has 1 N–H and O–H groups in total. The minimum atomic E-state index is -0.442. The lowest BCUT2D eigenvalue weighted by Crippen LogP contribution is -2.29. The summed E-state index contributed by atoms with van der Waals surface area (Å²) >= 11 is 5.94. The molecule has 1 aliphatic carbocycles. The van der Waals surface area contributed by atoms with Crippen LogP contribution >= 0.6 is 11.6 Å². The van der Waals surface area contributed by atoms with Gasteiger partial charge >= 0.3 is 0 Å². The fraction of sp³-hybridized carbons (Fsp3) is 0.350. The number of nitrogens with one attached hydrogen (secondary N) is 1. The zero-order valence-corrected chi connectivity index (χ0v) is 15.9. The van der Waals surface area contributed by atoms with Gasteiger partial charge in [0.25, 0.3) is 5.69 Å². The molecule has 0 saturated heterocycles. The topological polar surface area (TPSA) is 75.5 Å². The molecule has 1 fully saturated rings.